The maximum absolute atomic E-state index is 11.5. The molecule has 0 heterocycles. The molecule has 6 nitrogen and oxygen atoms in total. The van der Waals surface area contributed by atoms with Gasteiger partial charge in [0, 0.05) is 19.0 Å². The van der Waals surface area contributed by atoms with Crippen molar-refractivity contribution in [1.82, 2.24) is 10.6 Å². The average molecular weight is 260 g/mol. The van der Waals surface area contributed by atoms with Crippen LogP contribution in [0.1, 0.15) is 33.6 Å². The minimum Gasteiger partial charge on any atom is -0.467 e. The van der Waals surface area contributed by atoms with Crippen LogP contribution in [0.5, 0.6) is 0 Å². The van der Waals surface area contributed by atoms with Crippen LogP contribution in [-0.2, 0) is 14.3 Å². The summed E-state index contributed by atoms with van der Waals surface area (Å²) in [5.41, 5.74) is -0.426. The first-order valence-electron chi connectivity index (χ1n) is 6.15. The van der Waals surface area contributed by atoms with E-state index < -0.39 is 17.6 Å². The van der Waals surface area contributed by atoms with Crippen molar-refractivity contribution in [3.63, 3.8) is 0 Å². The van der Waals surface area contributed by atoms with Crippen molar-refractivity contribution in [2.24, 2.45) is 0 Å². The molecule has 1 atom stereocenters. The van der Waals surface area contributed by atoms with Crippen LogP contribution >= 0.6 is 0 Å². The Labute approximate surface area is 108 Å². The molecular weight excluding hydrogens is 236 g/mol. The van der Waals surface area contributed by atoms with Gasteiger partial charge in [0.25, 0.3) is 0 Å². The molecule has 18 heavy (non-hydrogen) atoms. The van der Waals surface area contributed by atoms with Crippen LogP contribution < -0.4 is 10.6 Å². The van der Waals surface area contributed by atoms with Gasteiger partial charge in [-0.3, -0.25) is 4.79 Å². The zero-order valence-corrected chi connectivity index (χ0v) is 11.6. The van der Waals surface area contributed by atoms with Gasteiger partial charge >= 0.3 is 5.97 Å². The third-order valence-electron chi connectivity index (χ3n) is 3.20. The number of aliphatic hydroxyl groups excluding tert-OH is 1. The van der Waals surface area contributed by atoms with Gasteiger partial charge in [-0.2, -0.15) is 0 Å². The van der Waals surface area contributed by atoms with E-state index in [2.05, 4.69) is 15.4 Å². The lowest BCUT2D eigenvalue weighted by atomic mass is 9.93. The highest BCUT2D eigenvalue weighted by molar-refractivity contribution is 5.83. The molecular formula is C12H24N2O4. The predicted molar refractivity (Wildman–Crippen MR) is 68.0 cm³/mol. The minimum atomic E-state index is -0.739. The monoisotopic (exact) mass is 260 g/mol. The smallest absolute Gasteiger partial charge is 0.329 e. The van der Waals surface area contributed by atoms with Gasteiger partial charge in [-0.15, -0.1) is 0 Å². The molecule has 0 saturated carbocycles. The number of aliphatic hydroxyl groups is 1. The third-order valence-corrected chi connectivity index (χ3v) is 3.20. The molecule has 1 unspecified atom stereocenters. The van der Waals surface area contributed by atoms with Crippen LogP contribution in [0.25, 0.3) is 0 Å². The quantitative estimate of drug-likeness (QED) is 0.526. The van der Waals surface area contributed by atoms with Crippen LogP contribution in [-0.4, -0.2) is 48.8 Å². The van der Waals surface area contributed by atoms with E-state index in [1.54, 1.807) is 0 Å². The Morgan fingerprint density at radius 2 is 1.89 bits per heavy atom. The van der Waals surface area contributed by atoms with Crippen molar-refractivity contribution >= 4 is 11.9 Å². The zero-order chi connectivity index (χ0) is 14.2. The molecule has 0 saturated heterocycles. The van der Waals surface area contributed by atoms with Crippen molar-refractivity contribution in [1.29, 1.82) is 0 Å². The normalized spacial score (nSPS) is 12.9. The summed E-state index contributed by atoms with van der Waals surface area (Å²) in [6.45, 7) is 5.47. The van der Waals surface area contributed by atoms with Gasteiger partial charge in [0.1, 0.15) is 6.04 Å². The summed E-state index contributed by atoms with van der Waals surface area (Å²) in [6.07, 6.45) is 1.46. The number of hydrogen-bond acceptors (Lipinski definition) is 5. The molecule has 0 rings (SSSR count). The number of carbonyl (C=O) groups excluding carboxylic acids is 2. The van der Waals surface area contributed by atoms with E-state index in [0.717, 1.165) is 12.8 Å². The molecule has 0 aromatic rings. The number of carbonyl (C=O) groups is 2. The molecule has 6 heteroatoms. The Balaban J connectivity index is 4.58. The van der Waals surface area contributed by atoms with Crippen molar-refractivity contribution in [2.45, 2.75) is 45.2 Å². The van der Waals surface area contributed by atoms with E-state index in [1.165, 1.54) is 14.0 Å². The van der Waals surface area contributed by atoms with Gasteiger partial charge in [-0.1, -0.05) is 13.8 Å². The lowest BCUT2D eigenvalue weighted by Crippen LogP contribution is -2.55. The number of rotatable bonds is 8. The van der Waals surface area contributed by atoms with E-state index in [-0.39, 0.29) is 19.1 Å². The number of ether oxygens (including phenoxy) is 1. The summed E-state index contributed by atoms with van der Waals surface area (Å²) >= 11 is 0. The number of amides is 1. The first-order valence-corrected chi connectivity index (χ1v) is 6.15. The summed E-state index contributed by atoms with van der Waals surface area (Å²) in [5, 5.41) is 15.1. The van der Waals surface area contributed by atoms with Crippen LogP contribution in [0.2, 0.25) is 0 Å². The minimum absolute atomic E-state index is 0.0199. The Hall–Kier alpha value is -1.14. The average Bonchev–Trinajstić information content (AvgIpc) is 2.38. The summed E-state index contributed by atoms with van der Waals surface area (Å²) in [5.74, 6) is -0.799. The lowest BCUT2D eigenvalue weighted by molar-refractivity contribution is -0.144. The fourth-order valence-electron chi connectivity index (χ4n) is 1.68. The van der Waals surface area contributed by atoms with Gasteiger partial charge in [-0.05, 0) is 12.8 Å². The first kappa shape index (κ1) is 16.9. The van der Waals surface area contributed by atoms with Crippen molar-refractivity contribution in [3.05, 3.63) is 0 Å². The third kappa shape index (κ3) is 5.01. The second-order valence-corrected chi connectivity index (χ2v) is 4.30. The zero-order valence-electron chi connectivity index (χ0n) is 11.6. The molecule has 0 bridgehead atoms. The molecule has 0 spiro atoms. The van der Waals surface area contributed by atoms with Gasteiger partial charge in [0.2, 0.25) is 5.91 Å². The maximum Gasteiger partial charge on any atom is 0.329 e. The predicted octanol–water partition coefficient (Wildman–Crippen LogP) is -0.195. The first-order chi connectivity index (χ1) is 8.44. The summed E-state index contributed by atoms with van der Waals surface area (Å²) in [6, 6.07) is -0.739. The molecule has 0 aliphatic carbocycles. The van der Waals surface area contributed by atoms with E-state index >= 15 is 0 Å². The van der Waals surface area contributed by atoms with Crippen molar-refractivity contribution in [3.8, 4) is 0 Å². The van der Waals surface area contributed by atoms with E-state index in [4.69, 9.17) is 0 Å². The van der Waals surface area contributed by atoms with Crippen molar-refractivity contribution < 1.29 is 19.4 Å². The van der Waals surface area contributed by atoms with Gasteiger partial charge < -0.3 is 20.5 Å². The Morgan fingerprint density at radius 3 is 2.22 bits per heavy atom. The van der Waals surface area contributed by atoms with Crippen molar-refractivity contribution in [2.75, 3.05) is 20.3 Å². The van der Waals surface area contributed by atoms with Crippen LogP contribution in [0.3, 0.4) is 0 Å². The molecule has 3 N–H and O–H groups in total. The SMILES string of the molecule is CCC(CC)(CO)NCC(NC(C)=O)C(=O)OC. The molecule has 0 radical (unpaired) electrons. The summed E-state index contributed by atoms with van der Waals surface area (Å²) < 4.78 is 4.62. The Kier molecular flexibility index (Phi) is 7.54. The molecule has 0 aliphatic rings. The van der Waals surface area contributed by atoms with Crippen LogP contribution in [0.4, 0.5) is 0 Å². The fraction of sp³-hybridized carbons (Fsp3) is 0.833. The lowest BCUT2D eigenvalue weighted by Gasteiger charge is -2.32. The fourth-order valence-corrected chi connectivity index (χ4v) is 1.68. The van der Waals surface area contributed by atoms with Gasteiger partial charge in [-0.25, -0.2) is 4.79 Å². The molecule has 0 aliphatic heterocycles. The molecule has 1 amide bonds. The highest BCUT2D eigenvalue weighted by atomic mass is 16.5. The highest BCUT2D eigenvalue weighted by Crippen LogP contribution is 2.13. The number of methoxy groups -OCH3 is 1. The Bertz CT molecular complexity index is 269. The number of nitrogens with one attached hydrogen (secondary N) is 2. The summed E-state index contributed by atoms with van der Waals surface area (Å²) in [7, 11) is 1.27. The van der Waals surface area contributed by atoms with Gasteiger partial charge in [0.15, 0.2) is 0 Å². The van der Waals surface area contributed by atoms with Crippen LogP contribution in [0, 0.1) is 0 Å². The van der Waals surface area contributed by atoms with E-state index in [0.29, 0.717) is 0 Å². The maximum atomic E-state index is 11.5. The standard InChI is InChI=1S/C12H24N2O4/c1-5-12(6-2,8-15)13-7-10(11(17)18-4)14-9(3)16/h10,13,15H,5-8H2,1-4H3,(H,14,16). The molecule has 0 aromatic carbocycles. The molecule has 106 valence electrons. The second-order valence-electron chi connectivity index (χ2n) is 4.30. The second kappa shape index (κ2) is 8.05. The number of hydrogen-bond donors (Lipinski definition) is 3. The Morgan fingerprint density at radius 1 is 1.33 bits per heavy atom. The largest absolute Gasteiger partial charge is 0.467 e. The number of esters is 1. The topological polar surface area (TPSA) is 87.7 Å². The summed E-state index contributed by atoms with van der Waals surface area (Å²) in [4.78, 5) is 22.5. The highest BCUT2D eigenvalue weighted by Gasteiger charge is 2.28. The van der Waals surface area contributed by atoms with E-state index in [9.17, 15) is 14.7 Å². The molecule has 0 fully saturated rings. The van der Waals surface area contributed by atoms with Crippen LogP contribution in [0.15, 0.2) is 0 Å². The van der Waals surface area contributed by atoms with Gasteiger partial charge in [0.05, 0.1) is 13.7 Å². The van der Waals surface area contributed by atoms with E-state index in [1.807, 2.05) is 13.8 Å². The molecule has 0 aromatic heterocycles.